The lowest BCUT2D eigenvalue weighted by molar-refractivity contribution is -0.132. The van der Waals surface area contributed by atoms with E-state index in [1.54, 1.807) is 35.1 Å². The first-order valence-electron chi connectivity index (χ1n) is 8.04. The first kappa shape index (κ1) is 16.3. The maximum atomic E-state index is 13.7. The van der Waals surface area contributed by atoms with Gasteiger partial charge in [0.25, 0.3) is 0 Å². The molecule has 0 aliphatic carbocycles. The van der Waals surface area contributed by atoms with Crippen LogP contribution < -0.4 is 0 Å². The van der Waals surface area contributed by atoms with E-state index < -0.39 is 0 Å². The van der Waals surface area contributed by atoms with E-state index in [1.165, 1.54) is 6.07 Å². The van der Waals surface area contributed by atoms with E-state index in [-0.39, 0.29) is 24.2 Å². The minimum Gasteiger partial charge on any atom is -0.450 e. The molecule has 1 N–H and O–H groups in total. The molecule has 128 valence electrons. The molecule has 3 rings (SSSR count). The third-order valence-corrected chi connectivity index (χ3v) is 4.25. The van der Waals surface area contributed by atoms with E-state index in [9.17, 15) is 14.0 Å². The van der Waals surface area contributed by atoms with Crippen molar-refractivity contribution in [2.75, 3.05) is 32.8 Å². The first-order chi connectivity index (χ1) is 11.6. The van der Waals surface area contributed by atoms with Crippen LogP contribution in [0.4, 0.5) is 9.18 Å². The van der Waals surface area contributed by atoms with Crippen molar-refractivity contribution < 1.29 is 18.7 Å². The van der Waals surface area contributed by atoms with Gasteiger partial charge in [0.15, 0.2) is 0 Å². The maximum absolute atomic E-state index is 13.7. The number of aromatic nitrogens is 1. The number of aromatic amines is 1. The number of H-pyrrole nitrogens is 1. The second kappa shape index (κ2) is 6.90. The number of ether oxygens (including phenoxy) is 1. The van der Waals surface area contributed by atoms with Crippen LogP contribution in [0.1, 0.15) is 12.5 Å². The molecule has 2 amide bonds. The molecule has 1 fully saturated rings. The molecule has 0 atom stereocenters. The van der Waals surface area contributed by atoms with E-state index in [1.807, 2.05) is 0 Å². The molecule has 2 heterocycles. The van der Waals surface area contributed by atoms with Crippen molar-refractivity contribution in [1.82, 2.24) is 14.8 Å². The summed E-state index contributed by atoms with van der Waals surface area (Å²) in [5, 5.41) is 0.730. The lowest BCUT2D eigenvalue weighted by Gasteiger charge is -2.34. The number of hydrogen-bond donors (Lipinski definition) is 1. The van der Waals surface area contributed by atoms with Crippen LogP contribution in [0.15, 0.2) is 24.4 Å². The Morgan fingerprint density at radius 3 is 2.62 bits per heavy atom. The Hall–Kier alpha value is -2.57. The molecule has 0 spiro atoms. The lowest BCUT2D eigenvalue weighted by Crippen LogP contribution is -2.51. The van der Waals surface area contributed by atoms with Crippen LogP contribution >= 0.6 is 0 Å². The number of nitrogens with one attached hydrogen (secondary N) is 1. The van der Waals surface area contributed by atoms with Gasteiger partial charge in [-0.25, -0.2) is 9.18 Å². The lowest BCUT2D eigenvalue weighted by atomic mass is 10.1. The number of piperazine rings is 1. The number of benzene rings is 1. The van der Waals surface area contributed by atoms with Crippen LogP contribution in [-0.4, -0.2) is 59.6 Å². The summed E-state index contributed by atoms with van der Waals surface area (Å²) < 4.78 is 18.7. The van der Waals surface area contributed by atoms with Crippen molar-refractivity contribution in [3.8, 4) is 0 Å². The molecule has 1 saturated heterocycles. The van der Waals surface area contributed by atoms with Gasteiger partial charge in [0, 0.05) is 37.8 Å². The Labute approximate surface area is 139 Å². The molecular formula is C17H20FN3O3. The summed E-state index contributed by atoms with van der Waals surface area (Å²) in [6.07, 6.45) is 1.56. The van der Waals surface area contributed by atoms with Crippen LogP contribution in [0.2, 0.25) is 0 Å². The van der Waals surface area contributed by atoms with Gasteiger partial charge in [-0.05, 0) is 18.6 Å². The fraction of sp³-hybridized carbons (Fsp3) is 0.412. The molecule has 0 saturated carbocycles. The van der Waals surface area contributed by atoms with Gasteiger partial charge in [0.1, 0.15) is 5.82 Å². The van der Waals surface area contributed by atoms with E-state index in [0.29, 0.717) is 38.3 Å². The topological polar surface area (TPSA) is 65.6 Å². The predicted octanol–water partition coefficient (Wildman–Crippen LogP) is 2.15. The Bertz CT molecular complexity index is 751. The number of halogens is 1. The number of carbonyl (C=O) groups is 2. The molecule has 1 aromatic carbocycles. The molecule has 6 nitrogen and oxygen atoms in total. The Morgan fingerprint density at radius 1 is 1.21 bits per heavy atom. The number of carbonyl (C=O) groups excluding carboxylic acids is 2. The van der Waals surface area contributed by atoms with Gasteiger partial charge in [0.2, 0.25) is 5.91 Å². The van der Waals surface area contributed by atoms with Gasteiger partial charge >= 0.3 is 6.09 Å². The second-order valence-electron chi connectivity index (χ2n) is 5.72. The van der Waals surface area contributed by atoms with Gasteiger partial charge < -0.3 is 19.5 Å². The summed E-state index contributed by atoms with van der Waals surface area (Å²) >= 11 is 0. The highest BCUT2D eigenvalue weighted by Gasteiger charge is 2.25. The van der Waals surface area contributed by atoms with Crippen molar-refractivity contribution >= 4 is 22.9 Å². The fourth-order valence-electron chi connectivity index (χ4n) is 2.95. The van der Waals surface area contributed by atoms with Crippen molar-refractivity contribution in [2.24, 2.45) is 0 Å². The summed E-state index contributed by atoms with van der Waals surface area (Å²) in [6, 6.07) is 4.83. The SMILES string of the molecule is CCOC(=O)N1CCN(C(=O)Cc2c[nH]c3c(F)cccc23)CC1. The average molecular weight is 333 g/mol. The van der Waals surface area contributed by atoms with Crippen LogP contribution in [0.25, 0.3) is 10.9 Å². The van der Waals surface area contributed by atoms with E-state index >= 15 is 0 Å². The van der Waals surface area contributed by atoms with Crippen LogP contribution in [0.3, 0.4) is 0 Å². The summed E-state index contributed by atoms with van der Waals surface area (Å²) in [4.78, 5) is 30.4. The Balaban J connectivity index is 1.62. The van der Waals surface area contributed by atoms with Crippen LogP contribution in [0.5, 0.6) is 0 Å². The minimum atomic E-state index is -0.336. The first-order valence-corrected chi connectivity index (χ1v) is 8.04. The Morgan fingerprint density at radius 2 is 1.92 bits per heavy atom. The van der Waals surface area contributed by atoms with E-state index in [2.05, 4.69) is 4.98 Å². The number of nitrogens with zero attached hydrogens (tertiary/aromatic N) is 2. The van der Waals surface area contributed by atoms with Gasteiger partial charge in [-0.2, -0.15) is 0 Å². The molecule has 1 aliphatic rings. The zero-order valence-electron chi connectivity index (χ0n) is 13.5. The van der Waals surface area contributed by atoms with Crippen molar-refractivity contribution in [2.45, 2.75) is 13.3 Å². The van der Waals surface area contributed by atoms with Gasteiger partial charge in [0.05, 0.1) is 18.5 Å². The van der Waals surface area contributed by atoms with Gasteiger partial charge in [-0.3, -0.25) is 4.79 Å². The highest BCUT2D eigenvalue weighted by Crippen LogP contribution is 2.21. The molecule has 24 heavy (non-hydrogen) atoms. The minimum absolute atomic E-state index is 0.0244. The summed E-state index contributed by atoms with van der Waals surface area (Å²) in [5.41, 5.74) is 1.20. The summed E-state index contributed by atoms with van der Waals surface area (Å²) in [6.45, 7) is 4.00. The number of para-hydroxylation sites is 1. The molecule has 7 heteroatoms. The monoisotopic (exact) mass is 333 g/mol. The standard InChI is InChI=1S/C17H20FN3O3/c1-2-24-17(23)21-8-6-20(7-9-21)15(22)10-12-11-19-16-13(12)4-3-5-14(16)18/h3-5,11,19H,2,6-10H2,1H3. The quantitative estimate of drug-likeness (QED) is 0.936. The molecule has 0 bridgehead atoms. The zero-order valence-corrected chi connectivity index (χ0v) is 13.5. The molecule has 1 aromatic heterocycles. The van der Waals surface area contributed by atoms with Crippen molar-refractivity contribution in [1.29, 1.82) is 0 Å². The molecule has 2 aromatic rings. The Kier molecular flexibility index (Phi) is 4.69. The summed E-state index contributed by atoms with van der Waals surface area (Å²) in [5.74, 6) is -0.349. The number of hydrogen-bond acceptors (Lipinski definition) is 3. The second-order valence-corrected chi connectivity index (χ2v) is 5.72. The molecule has 0 radical (unpaired) electrons. The number of fused-ring (bicyclic) bond motifs is 1. The molecular weight excluding hydrogens is 313 g/mol. The van der Waals surface area contributed by atoms with E-state index in [0.717, 1.165) is 10.9 Å². The van der Waals surface area contributed by atoms with Crippen molar-refractivity contribution in [3.05, 3.63) is 35.8 Å². The van der Waals surface area contributed by atoms with Gasteiger partial charge in [-0.1, -0.05) is 12.1 Å². The predicted molar refractivity (Wildman–Crippen MR) is 87.1 cm³/mol. The highest BCUT2D eigenvalue weighted by atomic mass is 19.1. The maximum Gasteiger partial charge on any atom is 0.409 e. The smallest absolute Gasteiger partial charge is 0.409 e. The summed E-state index contributed by atoms with van der Waals surface area (Å²) in [7, 11) is 0. The normalized spacial score (nSPS) is 14.9. The molecule has 0 unspecified atom stereocenters. The average Bonchev–Trinajstić information content (AvgIpc) is 2.99. The number of rotatable bonds is 3. The van der Waals surface area contributed by atoms with Gasteiger partial charge in [-0.15, -0.1) is 0 Å². The van der Waals surface area contributed by atoms with E-state index in [4.69, 9.17) is 4.74 Å². The highest BCUT2D eigenvalue weighted by molar-refractivity contribution is 5.89. The third-order valence-electron chi connectivity index (χ3n) is 4.25. The fourth-order valence-corrected chi connectivity index (χ4v) is 2.95. The molecule has 1 aliphatic heterocycles. The van der Waals surface area contributed by atoms with Crippen LogP contribution in [0, 0.1) is 5.82 Å². The third kappa shape index (κ3) is 3.20. The van der Waals surface area contributed by atoms with Crippen molar-refractivity contribution in [3.63, 3.8) is 0 Å². The zero-order chi connectivity index (χ0) is 17.1. The number of amides is 2. The van der Waals surface area contributed by atoms with Crippen LogP contribution in [-0.2, 0) is 16.0 Å². The largest absolute Gasteiger partial charge is 0.450 e.